The van der Waals surface area contributed by atoms with Crippen LogP contribution in [0.5, 0.6) is 5.75 Å². The first-order valence-electron chi connectivity index (χ1n) is 11.2. The largest absolute Gasteiger partial charge is 0.507 e. The molecule has 0 aliphatic carbocycles. The second-order valence-electron chi connectivity index (χ2n) is 8.42. The Morgan fingerprint density at radius 1 is 1.05 bits per heavy atom. The molecule has 8 N–H and O–H groups in total. The molecule has 0 atom stereocenters. The summed E-state index contributed by atoms with van der Waals surface area (Å²) in [5, 5.41) is 24.2. The Kier molecular flexibility index (Phi) is 7.06. The zero-order valence-corrected chi connectivity index (χ0v) is 21.4. The first kappa shape index (κ1) is 26.3. The fourth-order valence-corrected chi connectivity index (χ4v) is 5.46. The lowest BCUT2D eigenvalue weighted by Gasteiger charge is -2.14. The third-order valence-corrected chi connectivity index (χ3v) is 8.09. The third-order valence-electron chi connectivity index (χ3n) is 5.74. The molecule has 0 aliphatic heterocycles. The van der Waals surface area contributed by atoms with Gasteiger partial charge in [-0.15, -0.1) is 0 Å². The molecule has 4 aromatic rings. The van der Waals surface area contributed by atoms with Crippen molar-refractivity contribution in [3.8, 4) is 28.3 Å². The minimum atomic E-state index is -4.05. The van der Waals surface area contributed by atoms with Gasteiger partial charge in [0.2, 0.25) is 20.0 Å². The first-order valence-corrected chi connectivity index (χ1v) is 14.3. The number of nitrogens with one attached hydrogen (secondary N) is 3. The number of unbranched alkanes of at least 4 members (excludes halogenated alkanes) is 1. The van der Waals surface area contributed by atoms with Crippen LogP contribution in [0.15, 0.2) is 64.4 Å². The number of hydrogen-bond acceptors (Lipinski definition) is 7. The summed E-state index contributed by atoms with van der Waals surface area (Å²) >= 11 is 0. The van der Waals surface area contributed by atoms with Crippen molar-refractivity contribution in [2.45, 2.75) is 29.6 Å². The van der Waals surface area contributed by atoms with Crippen LogP contribution in [0.1, 0.15) is 25.3 Å². The van der Waals surface area contributed by atoms with Gasteiger partial charge in [0.05, 0.1) is 26.4 Å². The van der Waals surface area contributed by atoms with E-state index in [1.54, 1.807) is 18.2 Å². The van der Waals surface area contributed by atoms with Gasteiger partial charge in [0.1, 0.15) is 17.4 Å². The number of phenols is 1. The van der Waals surface area contributed by atoms with Gasteiger partial charge in [-0.3, -0.25) is 5.41 Å². The number of rotatable bonds is 9. The highest BCUT2D eigenvalue weighted by molar-refractivity contribution is 7.89. The highest BCUT2D eigenvalue weighted by Crippen LogP contribution is 2.40. The Morgan fingerprint density at radius 2 is 1.78 bits per heavy atom. The molecule has 0 saturated heterocycles. The van der Waals surface area contributed by atoms with Gasteiger partial charge in [0.25, 0.3) is 0 Å². The molecule has 11 nitrogen and oxygen atoms in total. The normalized spacial score (nSPS) is 12.2. The predicted octanol–water partition coefficient (Wildman–Crippen LogP) is 2.61. The molecule has 37 heavy (non-hydrogen) atoms. The summed E-state index contributed by atoms with van der Waals surface area (Å²) in [6.45, 7) is 2.16. The molecular formula is C24H26N6O5S2. The SMILES string of the molecule is CCCCNS(=O)(=O)c1cc(-c2cccc(S(N)(=O)=O)c2)c(O)c(-c2nc3ccc(C(=N)N)cc3[nH]2)c1. The van der Waals surface area contributed by atoms with Crippen LogP contribution in [0.3, 0.4) is 0 Å². The molecule has 0 saturated carbocycles. The number of imidazole rings is 1. The predicted molar refractivity (Wildman–Crippen MR) is 141 cm³/mol. The molecule has 0 fully saturated rings. The number of nitrogens with zero attached hydrogens (tertiary/aromatic N) is 1. The van der Waals surface area contributed by atoms with Crippen LogP contribution in [0, 0.1) is 5.41 Å². The van der Waals surface area contributed by atoms with Crippen molar-refractivity contribution in [1.82, 2.24) is 14.7 Å². The second kappa shape index (κ2) is 9.94. The van der Waals surface area contributed by atoms with Crippen LogP contribution in [0.2, 0.25) is 0 Å². The summed E-state index contributed by atoms with van der Waals surface area (Å²) in [4.78, 5) is 7.18. The molecule has 0 unspecified atom stereocenters. The summed E-state index contributed by atoms with van der Waals surface area (Å²) in [5.41, 5.74) is 7.46. The second-order valence-corrected chi connectivity index (χ2v) is 11.8. The highest BCUT2D eigenvalue weighted by Gasteiger charge is 2.23. The zero-order chi connectivity index (χ0) is 27.0. The van der Waals surface area contributed by atoms with E-state index in [9.17, 15) is 21.9 Å². The lowest BCUT2D eigenvalue weighted by atomic mass is 10.0. The summed E-state index contributed by atoms with van der Waals surface area (Å²) in [6.07, 6.45) is 1.42. The number of amidine groups is 1. The highest BCUT2D eigenvalue weighted by atomic mass is 32.2. The first-order chi connectivity index (χ1) is 17.4. The molecule has 1 aromatic heterocycles. The number of nitrogen functional groups attached to an aromatic ring is 1. The van der Waals surface area contributed by atoms with Crippen molar-refractivity contribution in [2.24, 2.45) is 10.9 Å². The Morgan fingerprint density at radius 3 is 2.46 bits per heavy atom. The van der Waals surface area contributed by atoms with Crippen molar-refractivity contribution in [2.75, 3.05) is 6.54 Å². The van der Waals surface area contributed by atoms with Gasteiger partial charge in [-0.2, -0.15) is 0 Å². The van der Waals surface area contributed by atoms with Gasteiger partial charge in [0, 0.05) is 17.7 Å². The van der Waals surface area contributed by atoms with Gasteiger partial charge in [-0.1, -0.05) is 25.5 Å². The van der Waals surface area contributed by atoms with Crippen LogP contribution in [-0.4, -0.2) is 44.3 Å². The summed E-state index contributed by atoms with van der Waals surface area (Å²) in [5.74, 6) is -0.281. The number of nitrogens with two attached hydrogens (primary N) is 2. The fourth-order valence-electron chi connectivity index (χ4n) is 3.78. The number of fused-ring (bicyclic) bond motifs is 1. The average Bonchev–Trinajstić information content (AvgIpc) is 3.27. The van der Waals surface area contributed by atoms with Gasteiger partial charge in [0.15, 0.2) is 0 Å². The molecule has 4 rings (SSSR count). The number of aromatic hydroxyl groups is 1. The van der Waals surface area contributed by atoms with Crippen molar-refractivity contribution < 1.29 is 21.9 Å². The molecule has 3 aromatic carbocycles. The van der Waals surface area contributed by atoms with Gasteiger partial charge < -0.3 is 15.8 Å². The quantitative estimate of drug-likeness (QED) is 0.106. The van der Waals surface area contributed by atoms with Crippen LogP contribution in [0.4, 0.5) is 0 Å². The van der Waals surface area contributed by atoms with E-state index in [-0.39, 0.29) is 50.4 Å². The molecule has 0 spiro atoms. The number of sulfonamides is 2. The van der Waals surface area contributed by atoms with Gasteiger partial charge in [-0.25, -0.2) is 31.7 Å². The number of aromatic amines is 1. The monoisotopic (exact) mass is 542 g/mol. The Hall–Kier alpha value is -3.78. The maximum atomic E-state index is 13.1. The van der Waals surface area contributed by atoms with Crippen molar-refractivity contribution in [3.05, 3.63) is 60.2 Å². The number of aromatic nitrogens is 2. The van der Waals surface area contributed by atoms with Gasteiger partial charge >= 0.3 is 0 Å². The van der Waals surface area contributed by atoms with Crippen molar-refractivity contribution in [3.63, 3.8) is 0 Å². The van der Waals surface area contributed by atoms with E-state index in [0.29, 0.717) is 23.0 Å². The van der Waals surface area contributed by atoms with E-state index in [0.717, 1.165) is 6.42 Å². The number of primary sulfonamides is 1. The summed E-state index contributed by atoms with van der Waals surface area (Å²) < 4.78 is 52.6. The smallest absolute Gasteiger partial charge is 0.240 e. The van der Waals surface area contributed by atoms with Gasteiger partial charge in [-0.05, 0) is 54.4 Å². The molecule has 0 bridgehead atoms. The Labute approximate surface area is 214 Å². The molecule has 1 heterocycles. The Balaban J connectivity index is 1.95. The number of hydrogen-bond donors (Lipinski definition) is 6. The number of H-pyrrole nitrogens is 1. The third kappa shape index (κ3) is 5.49. The topological polar surface area (TPSA) is 205 Å². The van der Waals surface area contributed by atoms with E-state index in [4.69, 9.17) is 16.3 Å². The van der Waals surface area contributed by atoms with Crippen molar-refractivity contribution >= 4 is 36.9 Å². The van der Waals surface area contributed by atoms with Crippen molar-refractivity contribution in [1.29, 1.82) is 5.41 Å². The summed E-state index contributed by atoms with van der Waals surface area (Å²) in [7, 11) is -8.04. The average molecular weight is 543 g/mol. The molecule has 13 heteroatoms. The van der Waals surface area contributed by atoms with Crippen LogP contribution in [0.25, 0.3) is 33.5 Å². The molecular weight excluding hydrogens is 516 g/mol. The van der Waals surface area contributed by atoms with Crippen LogP contribution in [-0.2, 0) is 20.0 Å². The number of benzene rings is 3. The van der Waals surface area contributed by atoms with Crippen LogP contribution >= 0.6 is 0 Å². The minimum absolute atomic E-state index is 0.0729. The fraction of sp³-hybridized carbons (Fsp3) is 0.167. The Bertz CT molecular complexity index is 1730. The lowest BCUT2D eigenvalue weighted by molar-refractivity contribution is 0.478. The molecule has 0 amide bonds. The van der Waals surface area contributed by atoms with E-state index in [1.165, 1.54) is 36.4 Å². The minimum Gasteiger partial charge on any atom is -0.507 e. The molecule has 194 valence electrons. The maximum Gasteiger partial charge on any atom is 0.240 e. The lowest BCUT2D eigenvalue weighted by Crippen LogP contribution is -2.24. The van der Waals surface area contributed by atoms with E-state index < -0.39 is 20.0 Å². The van der Waals surface area contributed by atoms with E-state index in [2.05, 4.69) is 14.7 Å². The maximum absolute atomic E-state index is 13.1. The van der Waals surface area contributed by atoms with E-state index in [1.807, 2.05) is 6.92 Å². The molecule has 0 radical (unpaired) electrons. The summed E-state index contributed by atoms with van der Waals surface area (Å²) in [6, 6.07) is 13.0. The zero-order valence-electron chi connectivity index (χ0n) is 19.8. The molecule has 0 aliphatic rings. The standard InChI is InChI=1S/C24H26N6O5S2/c1-2-3-9-28-37(34,35)17-12-18(14-5-4-6-16(10-14)36(27,32)33)22(31)19(13-17)24-29-20-8-7-15(23(25)26)11-21(20)30-24/h4-8,10-13,28,31H,2-3,9H2,1H3,(H3,25,26)(H,29,30)(H2,27,32,33). The van der Waals surface area contributed by atoms with E-state index >= 15 is 0 Å². The number of phenolic OH excluding ortho intramolecular Hbond substituents is 1. The van der Waals surface area contributed by atoms with Crippen LogP contribution < -0.4 is 15.6 Å².